The molecule has 2 atom stereocenters. The lowest BCUT2D eigenvalue weighted by Crippen LogP contribution is -2.38. The molecule has 0 saturated heterocycles. The van der Waals surface area contributed by atoms with E-state index in [4.69, 9.17) is 4.74 Å². The van der Waals surface area contributed by atoms with E-state index >= 15 is 0 Å². The molecule has 2 rings (SSSR count). The lowest BCUT2D eigenvalue weighted by molar-refractivity contribution is -0.142. The third-order valence-corrected chi connectivity index (χ3v) is 4.69. The average Bonchev–Trinajstić information content (AvgIpc) is 2.56. The van der Waals surface area contributed by atoms with E-state index in [0.29, 0.717) is 12.6 Å². The van der Waals surface area contributed by atoms with Crippen LogP contribution in [0, 0.1) is 5.92 Å². The van der Waals surface area contributed by atoms with Crippen LogP contribution in [-0.2, 0) is 9.53 Å². The number of hydrogen-bond acceptors (Lipinski definition) is 3. The summed E-state index contributed by atoms with van der Waals surface area (Å²) in [5.41, 5.74) is 1.02. The molecule has 3 heteroatoms. The maximum Gasteiger partial charge on any atom is 0.314 e. The van der Waals surface area contributed by atoms with Gasteiger partial charge in [0.05, 0.1) is 13.0 Å². The van der Waals surface area contributed by atoms with E-state index in [9.17, 15) is 4.79 Å². The van der Waals surface area contributed by atoms with Crippen LogP contribution in [0.4, 0.5) is 0 Å². The van der Waals surface area contributed by atoms with Crippen LogP contribution in [0.2, 0.25) is 0 Å². The first-order chi connectivity index (χ1) is 10.2. The molecule has 1 aliphatic rings. The van der Waals surface area contributed by atoms with Crippen molar-refractivity contribution in [3.05, 3.63) is 35.9 Å². The molecule has 116 valence electrons. The topological polar surface area (TPSA) is 38.3 Å². The van der Waals surface area contributed by atoms with Crippen molar-refractivity contribution in [1.82, 2.24) is 5.32 Å². The van der Waals surface area contributed by atoms with Gasteiger partial charge in [0.25, 0.3) is 0 Å². The molecule has 0 bridgehead atoms. The average molecular weight is 289 g/mol. The van der Waals surface area contributed by atoms with Gasteiger partial charge in [-0.2, -0.15) is 0 Å². The lowest BCUT2D eigenvalue weighted by atomic mass is 9.84. The van der Waals surface area contributed by atoms with Gasteiger partial charge in [-0.05, 0) is 31.2 Å². The van der Waals surface area contributed by atoms with E-state index in [1.807, 2.05) is 30.3 Å². The Balaban J connectivity index is 1.94. The monoisotopic (exact) mass is 289 g/mol. The largest absolute Gasteiger partial charge is 0.469 e. The molecule has 1 aromatic carbocycles. The Hall–Kier alpha value is -1.35. The second-order valence-corrected chi connectivity index (χ2v) is 6.08. The summed E-state index contributed by atoms with van der Waals surface area (Å²) >= 11 is 0. The van der Waals surface area contributed by atoms with Crippen molar-refractivity contribution in [1.29, 1.82) is 0 Å². The van der Waals surface area contributed by atoms with Crippen LogP contribution in [0.1, 0.15) is 50.5 Å². The standard InChI is InChI=1S/C18H27NO2/c1-14(15-9-5-3-6-10-15)19-13-17(18(20)21-2)16-11-7-4-8-12-16/h4,7-8,11-12,14-15,17,19H,3,5-6,9-10,13H2,1-2H3/t14-,17?/m1/s1. The Labute approximate surface area is 128 Å². The van der Waals surface area contributed by atoms with Crippen LogP contribution in [-0.4, -0.2) is 25.7 Å². The molecular weight excluding hydrogens is 262 g/mol. The zero-order chi connectivity index (χ0) is 15.1. The Morgan fingerprint density at radius 3 is 2.52 bits per heavy atom. The lowest BCUT2D eigenvalue weighted by Gasteiger charge is -2.29. The van der Waals surface area contributed by atoms with Crippen LogP contribution in [0.3, 0.4) is 0 Å². The molecule has 0 aliphatic heterocycles. The summed E-state index contributed by atoms with van der Waals surface area (Å²) in [5.74, 6) is 0.361. The van der Waals surface area contributed by atoms with Crippen molar-refractivity contribution in [3.63, 3.8) is 0 Å². The summed E-state index contributed by atoms with van der Waals surface area (Å²) in [6.07, 6.45) is 6.68. The van der Waals surface area contributed by atoms with Gasteiger partial charge in [0.15, 0.2) is 0 Å². The highest BCUT2D eigenvalue weighted by atomic mass is 16.5. The number of ether oxygens (including phenoxy) is 1. The summed E-state index contributed by atoms with van der Waals surface area (Å²) in [6, 6.07) is 10.4. The Kier molecular flexibility index (Phi) is 6.24. The Morgan fingerprint density at radius 2 is 1.90 bits per heavy atom. The number of rotatable bonds is 6. The van der Waals surface area contributed by atoms with Gasteiger partial charge in [-0.25, -0.2) is 0 Å². The smallest absolute Gasteiger partial charge is 0.314 e. The molecule has 1 saturated carbocycles. The normalized spacial score (nSPS) is 19.0. The van der Waals surface area contributed by atoms with Gasteiger partial charge in [0.2, 0.25) is 0 Å². The fourth-order valence-electron chi connectivity index (χ4n) is 3.27. The van der Waals surface area contributed by atoms with Gasteiger partial charge in [0, 0.05) is 12.6 Å². The van der Waals surface area contributed by atoms with Gasteiger partial charge >= 0.3 is 5.97 Å². The van der Waals surface area contributed by atoms with Crippen LogP contribution >= 0.6 is 0 Å². The minimum Gasteiger partial charge on any atom is -0.469 e. The van der Waals surface area contributed by atoms with E-state index in [1.54, 1.807) is 0 Å². The number of benzene rings is 1. The van der Waals surface area contributed by atoms with Gasteiger partial charge in [-0.3, -0.25) is 4.79 Å². The molecule has 21 heavy (non-hydrogen) atoms. The molecule has 0 radical (unpaired) electrons. The minimum atomic E-state index is -0.220. The molecule has 1 aromatic rings. The van der Waals surface area contributed by atoms with Crippen LogP contribution in [0.25, 0.3) is 0 Å². The SMILES string of the molecule is COC(=O)C(CN[C@H](C)C1CCCCC1)c1ccccc1. The van der Waals surface area contributed by atoms with Gasteiger partial charge in [0.1, 0.15) is 0 Å². The van der Waals surface area contributed by atoms with E-state index in [1.165, 1.54) is 39.2 Å². The van der Waals surface area contributed by atoms with E-state index in [0.717, 1.165) is 11.5 Å². The maximum atomic E-state index is 12.0. The molecule has 0 heterocycles. The summed E-state index contributed by atoms with van der Waals surface area (Å²) in [5, 5.41) is 3.57. The predicted octanol–water partition coefficient (Wildman–Crippen LogP) is 3.50. The molecule has 1 fully saturated rings. The fraction of sp³-hybridized carbons (Fsp3) is 0.611. The summed E-state index contributed by atoms with van der Waals surface area (Å²) in [6.45, 7) is 2.89. The summed E-state index contributed by atoms with van der Waals surface area (Å²) < 4.78 is 4.97. The van der Waals surface area contributed by atoms with Crippen LogP contribution < -0.4 is 5.32 Å². The zero-order valence-electron chi connectivity index (χ0n) is 13.2. The van der Waals surface area contributed by atoms with Crippen molar-refractivity contribution >= 4 is 5.97 Å². The highest BCUT2D eigenvalue weighted by molar-refractivity contribution is 5.78. The molecule has 0 aromatic heterocycles. The van der Waals surface area contributed by atoms with Crippen molar-refractivity contribution in [2.24, 2.45) is 5.92 Å². The summed E-state index contributed by atoms with van der Waals surface area (Å²) in [7, 11) is 1.46. The quantitative estimate of drug-likeness (QED) is 0.815. The fourth-order valence-corrected chi connectivity index (χ4v) is 3.27. The first-order valence-electron chi connectivity index (χ1n) is 8.08. The summed E-state index contributed by atoms with van der Waals surface area (Å²) in [4.78, 5) is 12.0. The number of hydrogen-bond donors (Lipinski definition) is 1. The Morgan fingerprint density at radius 1 is 1.24 bits per heavy atom. The Bertz CT molecular complexity index is 426. The maximum absolute atomic E-state index is 12.0. The second kappa shape index (κ2) is 8.18. The molecule has 1 N–H and O–H groups in total. The number of carbonyl (C=O) groups excluding carboxylic acids is 1. The van der Waals surface area contributed by atoms with Gasteiger partial charge in [-0.1, -0.05) is 49.6 Å². The number of nitrogens with one attached hydrogen (secondary N) is 1. The highest BCUT2D eigenvalue weighted by Crippen LogP contribution is 2.26. The number of carbonyl (C=O) groups is 1. The molecule has 0 amide bonds. The predicted molar refractivity (Wildman–Crippen MR) is 85.2 cm³/mol. The van der Waals surface area contributed by atoms with Crippen LogP contribution in [0.5, 0.6) is 0 Å². The minimum absolute atomic E-state index is 0.162. The van der Waals surface area contributed by atoms with Gasteiger partial charge < -0.3 is 10.1 Å². The van der Waals surface area contributed by atoms with Crippen molar-refractivity contribution in [2.75, 3.05) is 13.7 Å². The number of esters is 1. The zero-order valence-corrected chi connectivity index (χ0v) is 13.2. The van der Waals surface area contributed by atoms with E-state index in [2.05, 4.69) is 12.2 Å². The van der Waals surface area contributed by atoms with Crippen molar-refractivity contribution in [2.45, 2.75) is 51.0 Å². The van der Waals surface area contributed by atoms with Crippen molar-refractivity contribution in [3.8, 4) is 0 Å². The van der Waals surface area contributed by atoms with E-state index < -0.39 is 0 Å². The van der Waals surface area contributed by atoms with Gasteiger partial charge in [-0.15, -0.1) is 0 Å². The molecule has 3 nitrogen and oxygen atoms in total. The molecular formula is C18H27NO2. The van der Waals surface area contributed by atoms with Crippen molar-refractivity contribution < 1.29 is 9.53 Å². The molecule has 1 unspecified atom stereocenters. The third kappa shape index (κ3) is 4.57. The first-order valence-corrected chi connectivity index (χ1v) is 8.08. The first kappa shape index (κ1) is 16.0. The number of methoxy groups -OCH3 is 1. The van der Waals surface area contributed by atoms with E-state index in [-0.39, 0.29) is 11.9 Å². The third-order valence-electron chi connectivity index (χ3n) is 4.69. The molecule has 0 spiro atoms. The second-order valence-electron chi connectivity index (χ2n) is 6.08. The van der Waals surface area contributed by atoms with Crippen LogP contribution in [0.15, 0.2) is 30.3 Å². The molecule has 1 aliphatic carbocycles. The highest BCUT2D eigenvalue weighted by Gasteiger charge is 2.24.